The molecule has 6 atom stereocenters. The highest BCUT2D eigenvalue weighted by Crippen LogP contribution is 2.42. The fourth-order valence-electron chi connectivity index (χ4n) is 3.97. The molecule has 0 aromatic carbocycles. The lowest BCUT2D eigenvalue weighted by Crippen LogP contribution is -2.52. The van der Waals surface area contributed by atoms with E-state index in [9.17, 15) is 4.79 Å². The maximum atomic E-state index is 11.4. The first-order valence-corrected chi connectivity index (χ1v) is 18.7. The van der Waals surface area contributed by atoms with Crippen LogP contribution in [0.25, 0.3) is 0 Å². The van der Waals surface area contributed by atoms with E-state index < -0.39 is 16.6 Å². The number of hydrogen-bond donors (Lipinski definition) is 0. The molecule has 1 saturated heterocycles. The van der Waals surface area contributed by atoms with Crippen molar-refractivity contribution in [3.63, 3.8) is 0 Å². The van der Waals surface area contributed by atoms with Crippen molar-refractivity contribution in [2.45, 2.75) is 129 Å². The van der Waals surface area contributed by atoms with Crippen molar-refractivity contribution in [3.05, 3.63) is 0 Å². The molecule has 6 nitrogen and oxygen atoms in total. The molecule has 0 N–H and O–H groups in total. The van der Waals surface area contributed by atoms with Gasteiger partial charge in [-0.3, -0.25) is 0 Å². The van der Waals surface area contributed by atoms with Gasteiger partial charge in [0.05, 0.1) is 12.2 Å². The molecule has 8 heteroatoms. The van der Waals surface area contributed by atoms with Crippen LogP contribution in [-0.4, -0.2) is 68.3 Å². The molecule has 0 radical (unpaired) electrons. The number of carbonyl (C=O) groups is 1. The van der Waals surface area contributed by atoms with E-state index in [1.165, 1.54) is 0 Å². The average molecular weight is 519 g/mol. The van der Waals surface area contributed by atoms with Gasteiger partial charge < -0.3 is 27.9 Å². The molecule has 0 bridgehead atoms. The molecule has 0 amide bonds. The Hall–Kier alpha value is -0.0962. The summed E-state index contributed by atoms with van der Waals surface area (Å²) in [7, 11) is -0.546. The lowest BCUT2D eigenvalue weighted by Gasteiger charge is -2.43. The fourth-order valence-corrected chi connectivity index (χ4v) is 6.40. The van der Waals surface area contributed by atoms with Crippen molar-refractivity contribution in [2.75, 3.05) is 20.8 Å². The SMILES string of the molecule is COC1C[C@@H](C[C@@H](C)C=O)[C@@H]([C@@H](OC)[C@@H](CCO[Si](C)(C)C(C)(C)C)O[Si](C)(C)C(C)(C)C)O1. The van der Waals surface area contributed by atoms with Gasteiger partial charge in [-0.05, 0) is 55.0 Å². The van der Waals surface area contributed by atoms with E-state index in [0.717, 1.165) is 25.5 Å². The Labute approximate surface area is 212 Å². The van der Waals surface area contributed by atoms with Gasteiger partial charge in [0.25, 0.3) is 0 Å². The first-order valence-electron chi connectivity index (χ1n) is 12.9. The Morgan fingerprint density at radius 3 is 2.00 bits per heavy atom. The molecule has 0 aromatic rings. The molecule has 202 valence electrons. The van der Waals surface area contributed by atoms with Crippen molar-refractivity contribution in [2.24, 2.45) is 11.8 Å². The summed E-state index contributed by atoms with van der Waals surface area (Å²) in [5.41, 5.74) is 0. The zero-order chi connectivity index (χ0) is 26.5. The smallest absolute Gasteiger partial charge is 0.192 e. The molecule has 0 aliphatic carbocycles. The third-order valence-corrected chi connectivity index (χ3v) is 17.4. The molecule has 1 aliphatic rings. The minimum Gasteiger partial charge on any atom is -0.417 e. The van der Waals surface area contributed by atoms with Crippen molar-refractivity contribution in [1.29, 1.82) is 0 Å². The quantitative estimate of drug-likeness (QED) is 0.207. The minimum absolute atomic E-state index is 0.0362. The standard InChI is InChI=1S/C26H54O6Si2/c1-19(18-27)16-20-17-22(28-8)31-23(20)24(29-9)21(32-34(12,13)26(5,6)7)14-15-30-33(10,11)25(2,3)4/h18-24H,14-17H2,1-13H3/t19-,20-,21-,22?,23+,24+/m1/s1. The van der Waals surface area contributed by atoms with Gasteiger partial charge in [0, 0.05) is 33.2 Å². The van der Waals surface area contributed by atoms with Gasteiger partial charge >= 0.3 is 0 Å². The third kappa shape index (κ3) is 8.49. The first-order chi connectivity index (χ1) is 15.4. The van der Waals surface area contributed by atoms with Gasteiger partial charge in [-0.1, -0.05) is 48.5 Å². The van der Waals surface area contributed by atoms with E-state index in [4.69, 9.17) is 23.1 Å². The number of methoxy groups -OCH3 is 2. The fraction of sp³-hybridized carbons (Fsp3) is 0.962. The van der Waals surface area contributed by atoms with Gasteiger partial charge in [-0.15, -0.1) is 0 Å². The summed E-state index contributed by atoms with van der Waals surface area (Å²) in [6.45, 7) is 25.3. The van der Waals surface area contributed by atoms with Crippen molar-refractivity contribution >= 4 is 22.9 Å². The van der Waals surface area contributed by atoms with Crippen molar-refractivity contribution < 1.29 is 27.9 Å². The Balaban J connectivity index is 3.20. The molecule has 0 saturated carbocycles. The van der Waals surface area contributed by atoms with Crippen LogP contribution in [0.4, 0.5) is 0 Å². The molecule has 1 heterocycles. The third-order valence-electron chi connectivity index (χ3n) is 8.32. The zero-order valence-corrected chi connectivity index (χ0v) is 26.3. The molecule has 1 rings (SSSR count). The largest absolute Gasteiger partial charge is 0.417 e. The second kappa shape index (κ2) is 12.4. The molecule has 0 spiro atoms. The number of rotatable bonds is 13. The predicted molar refractivity (Wildman–Crippen MR) is 144 cm³/mol. The first kappa shape index (κ1) is 31.9. The second-order valence-electron chi connectivity index (χ2n) is 13.1. The normalized spacial score (nSPS) is 25.3. The van der Waals surface area contributed by atoms with Crippen LogP contribution in [0.5, 0.6) is 0 Å². The number of hydrogen-bond acceptors (Lipinski definition) is 6. The Kier molecular flexibility index (Phi) is 11.7. The van der Waals surface area contributed by atoms with E-state index >= 15 is 0 Å². The highest BCUT2D eigenvalue weighted by molar-refractivity contribution is 6.74. The van der Waals surface area contributed by atoms with Crippen LogP contribution in [0.15, 0.2) is 0 Å². The molecule has 1 aliphatic heterocycles. The van der Waals surface area contributed by atoms with Gasteiger partial charge in [0.1, 0.15) is 12.4 Å². The van der Waals surface area contributed by atoms with E-state index in [1.807, 2.05) is 6.92 Å². The second-order valence-corrected chi connectivity index (χ2v) is 22.7. The van der Waals surface area contributed by atoms with Crippen molar-refractivity contribution in [1.82, 2.24) is 0 Å². The van der Waals surface area contributed by atoms with Crippen LogP contribution in [-0.2, 0) is 27.9 Å². The Morgan fingerprint density at radius 2 is 1.56 bits per heavy atom. The highest BCUT2D eigenvalue weighted by atomic mass is 28.4. The summed E-state index contributed by atoms with van der Waals surface area (Å²) in [6.07, 6.45) is 2.36. The Morgan fingerprint density at radius 1 is 1.00 bits per heavy atom. The molecular formula is C26H54O6Si2. The lowest BCUT2D eigenvalue weighted by atomic mass is 9.86. The van der Waals surface area contributed by atoms with Gasteiger partial charge in [-0.2, -0.15) is 0 Å². The monoisotopic (exact) mass is 518 g/mol. The Bertz CT molecular complexity index is 626. The summed E-state index contributed by atoms with van der Waals surface area (Å²) in [4.78, 5) is 11.4. The van der Waals surface area contributed by atoms with Crippen LogP contribution >= 0.6 is 0 Å². The van der Waals surface area contributed by atoms with Crippen LogP contribution in [0.2, 0.25) is 36.3 Å². The van der Waals surface area contributed by atoms with E-state index in [-0.39, 0.29) is 46.5 Å². The molecule has 1 fully saturated rings. The summed E-state index contributed by atoms with van der Waals surface area (Å²) >= 11 is 0. The zero-order valence-electron chi connectivity index (χ0n) is 24.3. The lowest BCUT2D eigenvalue weighted by molar-refractivity contribution is -0.165. The highest BCUT2D eigenvalue weighted by Gasteiger charge is 2.47. The average Bonchev–Trinajstić information content (AvgIpc) is 3.08. The van der Waals surface area contributed by atoms with E-state index in [1.54, 1.807) is 14.2 Å². The predicted octanol–water partition coefficient (Wildman–Crippen LogP) is 6.41. The summed E-state index contributed by atoms with van der Waals surface area (Å²) in [5.74, 6) is 0.132. The van der Waals surface area contributed by atoms with Crippen LogP contribution in [0, 0.1) is 11.8 Å². The number of ether oxygens (including phenoxy) is 3. The van der Waals surface area contributed by atoms with Gasteiger partial charge in [0.15, 0.2) is 22.9 Å². The van der Waals surface area contributed by atoms with Gasteiger partial charge in [0.2, 0.25) is 0 Å². The molecule has 34 heavy (non-hydrogen) atoms. The number of carbonyl (C=O) groups excluding carboxylic acids is 1. The molecule has 1 unspecified atom stereocenters. The molecule has 0 aromatic heterocycles. The summed E-state index contributed by atoms with van der Waals surface area (Å²) in [5, 5.41) is 0.223. The van der Waals surface area contributed by atoms with Crippen LogP contribution in [0.1, 0.15) is 67.7 Å². The maximum absolute atomic E-state index is 11.4. The van der Waals surface area contributed by atoms with E-state index in [2.05, 4.69) is 67.7 Å². The van der Waals surface area contributed by atoms with E-state index in [0.29, 0.717) is 6.61 Å². The van der Waals surface area contributed by atoms with Crippen LogP contribution < -0.4 is 0 Å². The van der Waals surface area contributed by atoms with Crippen LogP contribution in [0.3, 0.4) is 0 Å². The number of aldehydes is 1. The molecular weight excluding hydrogens is 464 g/mol. The summed E-state index contributed by atoms with van der Waals surface area (Å²) < 4.78 is 31.5. The summed E-state index contributed by atoms with van der Waals surface area (Å²) in [6, 6.07) is 0. The van der Waals surface area contributed by atoms with Gasteiger partial charge in [-0.25, -0.2) is 0 Å². The van der Waals surface area contributed by atoms with Crippen molar-refractivity contribution in [3.8, 4) is 0 Å². The topological polar surface area (TPSA) is 63.2 Å². The minimum atomic E-state index is -2.08. The maximum Gasteiger partial charge on any atom is 0.192 e.